The number of hydrogen-bond donors (Lipinski definition) is 0. The molecular formula is C5H4F6O3. The maximum atomic E-state index is 11.8. The van der Waals surface area contributed by atoms with E-state index in [2.05, 4.69) is 9.47 Å². The summed E-state index contributed by atoms with van der Waals surface area (Å²) in [7, 11) is 0. The highest BCUT2D eigenvalue weighted by Gasteiger charge is 2.29. The SMILES string of the molecule is O=C(OC(F)C(F)F)OC(F)C(F)F. The number of rotatable bonds is 4. The number of hydrogen-bond acceptors (Lipinski definition) is 3. The van der Waals surface area contributed by atoms with Crippen LogP contribution in [-0.4, -0.2) is 31.7 Å². The molecule has 0 aromatic carbocycles. The minimum Gasteiger partial charge on any atom is -0.393 e. The van der Waals surface area contributed by atoms with Gasteiger partial charge in [0, 0.05) is 0 Å². The van der Waals surface area contributed by atoms with E-state index in [-0.39, 0.29) is 0 Å². The number of carbonyl (C=O) groups excluding carboxylic acids is 1. The van der Waals surface area contributed by atoms with E-state index in [4.69, 9.17) is 0 Å². The Morgan fingerprint density at radius 2 is 1.07 bits per heavy atom. The molecule has 0 aromatic heterocycles. The third-order valence-corrected chi connectivity index (χ3v) is 0.814. The van der Waals surface area contributed by atoms with Crippen LogP contribution in [0.1, 0.15) is 0 Å². The van der Waals surface area contributed by atoms with Gasteiger partial charge >= 0.3 is 31.7 Å². The summed E-state index contributed by atoms with van der Waals surface area (Å²) in [5.74, 6) is 0. The highest BCUT2D eigenvalue weighted by atomic mass is 19.3. The van der Waals surface area contributed by atoms with Gasteiger partial charge in [0.05, 0.1) is 0 Å². The summed E-state index contributed by atoms with van der Waals surface area (Å²) in [4.78, 5) is 10.1. The molecule has 0 bridgehead atoms. The van der Waals surface area contributed by atoms with Crippen molar-refractivity contribution in [3.8, 4) is 0 Å². The van der Waals surface area contributed by atoms with Gasteiger partial charge in [0.2, 0.25) is 0 Å². The molecule has 0 fully saturated rings. The summed E-state index contributed by atoms with van der Waals surface area (Å²) in [6, 6.07) is 0. The Morgan fingerprint density at radius 1 is 0.786 bits per heavy atom. The van der Waals surface area contributed by atoms with Crippen LogP contribution in [0.25, 0.3) is 0 Å². The largest absolute Gasteiger partial charge is 0.513 e. The van der Waals surface area contributed by atoms with Crippen LogP contribution in [0.5, 0.6) is 0 Å². The smallest absolute Gasteiger partial charge is 0.393 e. The van der Waals surface area contributed by atoms with Gasteiger partial charge in [0.15, 0.2) is 0 Å². The van der Waals surface area contributed by atoms with Crippen molar-refractivity contribution >= 4 is 6.16 Å². The van der Waals surface area contributed by atoms with Crippen molar-refractivity contribution < 1.29 is 40.6 Å². The monoisotopic (exact) mass is 226 g/mol. The van der Waals surface area contributed by atoms with E-state index in [1.165, 1.54) is 0 Å². The highest BCUT2D eigenvalue weighted by molar-refractivity contribution is 5.60. The second-order valence-corrected chi connectivity index (χ2v) is 1.86. The molecule has 0 aliphatic carbocycles. The van der Waals surface area contributed by atoms with Crippen LogP contribution < -0.4 is 0 Å². The van der Waals surface area contributed by atoms with Gasteiger partial charge in [-0.3, -0.25) is 0 Å². The van der Waals surface area contributed by atoms with Crippen LogP contribution >= 0.6 is 0 Å². The van der Waals surface area contributed by atoms with E-state index in [0.717, 1.165) is 0 Å². The van der Waals surface area contributed by atoms with Gasteiger partial charge in [-0.15, -0.1) is 0 Å². The van der Waals surface area contributed by atoms with Crippen LogP contribution in [0, 0.1) is 0 Å². The third-order valence-electron chi connectivity index (χ3n) is 0.814. The highest BCUT2D eigenvalue weighted by Crippen LogP contribution is 2.11. The Kier molecular flexibility index (Phi) is 5.10. The van der Waals surface area contributed by atoms with Gasteiger partial charge < -0.3 is 9.47 Å². The van der Waals surface area contributed by atoms with Crippen LogP contribution in [0.4, 0.5) is 31.1 Å². The maximum absolute atomic E-state index is 11.8. The molecule has 0 radical (unpaired) electrons. The van der Waals surface area contributed by atoms with Crippen molar-refractivity contribution in [2.45, 2.75) is 25.6 Å². The van der Waals surface area contributed by atoms with E-state index >= 15 is 0 Å². The van der Waals surface area contributed by atoms with E-state index in [1.54, 1.807) is 0 Å². The molecule has 2 unspecified atom stereocenters. The van der Waals surface area contributed by atoms with Crippen LogP contribution in [0.3, 0.4) is 0 Å². The summed E-state index contributed by atoms with van der Waals surface area (Å²) in [5, 5.41) is 0. The number of ether oxygens (including phenoxy) is 2. The molecule has 0 aliphatic heterocycles. The maximum Gasteiger partial charge on any atom is 0.513 e. The van der Waals surface area contributed by atoms with Crippen molar-refractivity contribution in [3.63, 3.8) is 0 Å². The van der Waals surface area contributed by atoms with Gasteiger partial charge in [-0.05, 0) is 0 Å². The Bertz CT molecular complexity index is 168. The van der Waals surface area contributed by atoms with Crippen molar-refractivity contribution in [1.29, 1.82) is 0 Å². The minimum absolute atomic E-state index is 2.27. The second-order valence-electron chi connectivity index (χ2n) is 1.86. The molecule has 14 heavy (non-hydrogen) atoms. The zero-order valence-corrected chi connectivity index (χ0v) is 6.30. The fourth-order valence-electron chi connectivity index (χ4n) is 0.314. The minimum atomic E-state index is -3.66. The first-order valence-corrected chi connectivity index (χ1v) is 3.06. The van der Waals surface area contributed by atoms with Crippen LogP contribution in [0.15, 0.2) is 0 Å². The lowest BCUT2D eigenvalue weighted by Crippen LogP contribution is -2.26. The molecule has 3 nitrogen and oxygen atoms in total. The van der Waals surface area contributed by atoms with Crippen molar-refractivity contribution in [2.75, 3.05) is 0 Å². The number of halogens is 6. The van der Waals surface area contributed by atoms with E-state index < -0.39 is 31.7 Å². The fraction of sp³-hybridized carbons (Fsp3) is 0.800. The molecule has 0 rings (SSSR count). The Hall–Kier alpha value is -1.15. The van der Waals surface area contributed by atoms with E-state index in [0.29, 0.717) is 0 Å². The standard InChI is InChI=1S/C5H4F6O3/c6-1(7)3(10)13-5(12)14-4(11)2(8)9/h1-4H. The van der Waals surface area contributed by atoms with Gasteiger partial charge in [0.25, 0.3) is 0 Å². The quantitative estimate of drug-likeness (QED) is 0.544. The zero-order chi connectivity index (χ0) is 11.3. The third kappa shape index (κ3) is 4.77. The van der Waals surface area contributed by atoms with Crippen molar-refractivity contribution in [1.82, 2.24) is 0 Å². The van der Waals surface area contributed by atoms with Gasteiger partial charge in [0.1, 0.15) is 0 Å². The molecule has 0 saturated heterocycles. The zero-order valence-electron chi connectivity index (χ0n) is 6.30. The summed E-state index contributed by atoms with van der Waals surface area (Å²) < 4.78 is 75.2. The first-order chi connectivity index (χ1) is 6.34. The molecule has 2 atom stereocenters. The molecule has 0 N–H and O–H groups in total. The average Bonchev–Trinajstić information content (AvgIpc) is 2.03. The van der Waals surface area contributed by atoms with Crippen molar-refractivity contribution in [2.24, 2.45) is 0 Å². The van der Waals surface area contributed by atoms with Crippen molar-refractivity contribution in [3.05, 3.63) is 0 Å². The number of alkyl halides is 6. The van der Waals surface area contributed by atoms with E-state index in [9.17, 15) is 31.1 Å². The lowest BCUT2D eigenvalue weighted by molar-refractivity contribution is -0.149. The van der Waals surface area contributed by atoms with Gasteiger partial charge in [-0.25, -0.2) is 22.4 Å². The molecule has 0 spiro atoms. The first-order valence-electron chi connectivity index (χ1n) is 3.06. The summed E-state index contributed by atoms with van der Waals surface area (Å²) in [6.07, 6.45) is -16.3. The summed E-state index contributed by atoms with van der Waals surface area (Å²) in [5.41, 5.74) is 0. The predicted molar refractivity (Wildman–Crippen MR) is 29.4 cm³/mol. The van der Waals surface area contributed by atoms with Gasteiger partial charge in [-0.2, -0.15) is 8.78 Å². The summed E-state index contributed by atoms with van der Waals surface area (Å²) in [6.45, 7) is 0. The van der Waals surface area contributed by atoms with Gasteiger partial charge in [-0.1, -0.05) is 0 Å². The molecule has 0 heterocycles. The number of carbonyl (C=O) groups is 1. The Labute approximate surface area is 73.6 Å². The Balaban J connectivity index is 3.87. The first kappa shape index (κ1) is 12.8. The predicted octanol–water partition coefficient (Wildman–Crippen LogP) is 2.26. The van der Waals surface area contributed by atoms with Crippen LogP contribution in [0.2, 0.25) is 0 Å². The average molecular weight is 226 g/mol. The van der Waals surface area contributed by atoms with Crippen LogP contribution in [-0.2, 0) is 9.47 Å². The fourth-order valence-corrected chi connectivity index (χ4v) is 0.314. The molecule has 0 saturated carbocycles. The lowest BCUT2D eigenvalue weighted by atomic mass is 10.7. The Morgan fingerprint density at radius 3 is 1.29 bits per heavy atom. The lowest BCUT2D eigenvalue weighted by Gasteiger charge is -2.11. The molecule has 0 aromatic rings. The molecule has 0 aliphatic rings. The molecule has 84 valence electrons. The topological polar surface area (TPSA) is 35.5 Å². The van der Waals surface area contributed by atoms with E-state index in [1.807, 2.05) is 0 Å². The second kappa shape index (κ2) is 5.55. The molecule has 9 heteroatoms. The molecule has 0 amide bonds. The summed E-state index contributed by atoms with van der Waals surface area (Å²) >= 11 is 0. The molecular weight excluding hydrogens is 222 g/mol. The normalized spacial score (nSPS) is 15.4.